The number of thiophene rings is 1. The number of hydrogen-bond acceptors (Lipinski definition) is 3. The largest absolute Gasteiger partial charge is 0.293 e. The first kappa shape index (κ1) is 11.3. The molecule has 0 fully saturated rings. The first-order valence-corrected chi connectivity index (χ1v) is 6.40. The summed E-state index contributed by atoms with van der Waals surface area (Å²) < 4.78 is 1.81. The monoisotopic (exact) mass is 236 g/mol. The van der Waals surface area contributed by atoms with Gasteiger partial charge in [-0.25, -0.2) is 4.98 Å². The van der Waals surface area contributed by atoms with Gasteiger partial charge < -0.3 is 0 Å². The maximum Gasteiger partial charge on any atom is 0.262 e. The highest BCUT2D eigenvalue weighted by Crippen LogP contribution is 2.21. The highest BCUT2D eigenvalue weighted by Gasteiger charge is 2.16. The standard InChI is InChI=1S/C12H16N2OS/c1-7(2)10-13-11-9(5-6-16-11)12(15)14(10)8(3)4/h5-8H,1-4H3. The van der Waals surface area contributed by atoms with Crippen molar-refractivity contribution < 1.29 is 0 Å². The van der Waals surface area contributed by atoms with Crippen LogP contribution in [0.15, 0.2) is 16.2 Å². The molecule has 2 heterocycles. The van der Waals surface area contributed by atoms with Crippen molar-refractivity contribution in [3.63, 3.8) is 0 Å². The molecule has 0 saturated heterocycles. The number of rotatable bonds is 2. The zero-order chi connectivity index (χ0) is 11.9. The summed E-state index contributed by atoms with van der Waals surface area (Å²) in [4.78, 5) is 17.7. The van der Waals surface area contributed by atoms with Gasteiger partial charge in [0.15, 0.2) is 0 Å². The Bertz CT molecular complexity index is 566. The summed E-state index contributed by atoms with van der Waals surface area (Å²) in [5, 5.41) is 2.66. The Morgan fingerprint density at radius 1 is 1.31 bits per heavy atom. The summed E-state index contributed by atoms with van der Waals surface area (Å²) in [5.41, 5.74) is 0.0879. The van der Waals surface area contributed by atoms with Crippen molar-refractivity contribution in [2.75, 3.05) is 0 Å². The lowest BCUT2D eigenvalue weighted by molar-refractivity contribution is 0.523. The van der Waals surface area contributed by atoms with E-state index in [0.29, 0.717) is 0 Å². The second-order valence-electron chi connectivity index (χ2n) is 4.53. The molecule has 0 bridgehead atoms. The minimum Gasteiger partial charge on any atom is -0.293 e. The normalized spacial score (nSPS) is 11.9. The van der Waals surface area contributed by atoms with E-state index in [1.54, 1.807) is 4.57 Å². The molecule has 0 aliphatic heterocycles. The Balaban J connectivity index is 2.86. The minimum absolute atomic E-state index is 0.0879. The van der Waals surface area contributed by atoms with Gasteiger partial charge in [0.1, 0.15) is 10.7 Å². The molecule has 0 spiro atoms. The zero-order valence-corrected chi connectivity index (χ0v) is 10.8. The van der Waals surface area contributed by atoms with Gasteiger partial charge in [0.25, 0.3) is 5.56 Å². The van der Waals surface area contributed by atoms with Crippen molar-refractivity contribution in [2.45, 2.75) is 39.7 Å². The molecule has 0 aromatic carbocycles. The molecule has 0 aliphatic carbocycles. The van der Waals surface area contributed by atoms with Crippen molar-refractivity contribution in [3.8, 4) is 0 Å². The van der Waals surface area contributed by atoms with Crippen LogP contribution in [0.5, 0.6) is 0 Å². The summed E-state index contributed by atoms with van der Waals surface area (Å²) in [6.45, 7) is 8.18. The Labute approximate surface area is 98.8 Å². The quantitative estimate of drug-likeness (QED) is 0.802. The van der Waals surface area contributed by atoms with Gasteiger partial charge in [0, 0.05) is 12.0 Å². The number of fused-ring (bicyclic) bond motifs is 1. The van der Waals surface area contributed by atoms with E-state index in [0.717, 1.165) is 16.0 Å². The van der Waals surface area contributed by atoms with E-state index in [-0.39, 0.29) is 17.5 Å². The molecule has 0 atom stereocenters. The molecule has 4 heteroatoms. The van der Waals surface area contributed by atoms with Crippen LogP contribution < -0.4 is 5.56 Å². The Kier molecular flexibility index (Phi) is 2.84. The van der Waals surface area contributed by atoms with Crippen LogP contribution in [-0.2, 0) is 0 Å². The van der Waals surface area contributed by atoms with Crippen LogP contribution in [0.3, 0.4) is 0 Å². The molecule has 2 aromatic rings. The topological polar surface area (TPSA) is 34.9 Å². The summed E-state index contributed by atoms with van der Waals surface area (Å²) in [6.07, 6.45) is 0. The van der Waals surface area contributed by atoms with E-state index < -0.39 is 0 Å². The van der Waals surface area contributed by atoms with Gasteiger partial charge in [-0.3, -0.25) is 9.36 Å². The fourth-order valence-corrected chi connectivity index (χ4v) is 2.61. The number of nitrogens with zero attached hydrogens (tertiary/aromatic N) is 2. The third-order valence-electron chi connectivity index (χ3n) is 2.59. The molecule has 0 unspecified atom stereocenters. The van der Waals surface area contributed by atoms with Crippen LogP contribution in [0.2, 0.25) is 0 Å². The fourth-order valence-electron chi connectivity index (χ4n) is 1.85. The van der Waals surface area contributed by atoms with Crippen LogP contribution >= 0.6 is 11.3 Å². The Morgan fingerprint density at radius 2 is 2.00 bits per heavy atom. The summed E-state index contributed by atoms with van der Waals surface area (Å²) in [7, 11) is 0. The average Bonchev–Trinajstić information content (AvgIpc) is 2.64. The summed E-state index contributed by atoms with van der Waals surface area (Å²) in [5.74, 6) is 1.15. The van der Waals surface area contributed by atoms with Crippen LogP contribution in [0.25, 0.3) is 10.2 Å². The van der Waals surface area contributed by atoms with Crippen molar-refractivity contribution >= 4 is 21.6 Å². The van der Waals surface area contributed by atoms with Gasteiger partial charge in [-0.05, 0) is 25.3 Å². The number of aromatic nitrogens is 2. The maximum absolute atomic E-state index is 12.3. The van der Waals surface area contributed by atoms with E-state index in [1.807, 2.05) is 25.3 Å². The van der Waals surface area contributed by atoms with Gasteiger partial charge in [-0.2, -0.15) is 0 Å². The van der Waals surface area contributed by atoms with Gasteiger partial charge in [-0.1, -0.05) is 13.8 Å². The molecular weight excluding hydrogens is 220 g/mol. The average molecular weight is 236 g/mol. The predicted molar refractivity (Wildman–Crippen MR) is 68.4 cm³/mol. The lowest BCUT2D eigenvalue weighted by Crippen LogP contribution is -2.27. The van der Waals surface area contributed by atoms with Crippen molar-refractivity contribution in [2.24, 2.45) is 0 Å². The molecule has 0 N–H and O–H groups in total. The highest BCUT2D eigenvalue weighted by molar-refractivity contribution is 7.16. The van der Waals surface area contributed by atoms with E-state index in [1.165, 1.54) is 11.3 Å². The van der Waals surface area contributed by atoms with E-state index in [9.17, 15) is 4.79 Å². The van der Waals surface area contributed by atoms with Crippen LogP contribution in [0.4, 0.5) is 0 Å². The first-order valence-electron chi connectivity index (χ1n) is 5.52. The van der Waals surface area contributed by atoms with Crippen molar-refractivity contribution in [3.05, 3.63) is 27.6 Å². The molecule has 16 heavy (non-hydrogen) atoms. The molecule has 0 saturated carbocycles. The van der Waals surface area contributed by atoms with E-state index >= 15 is 0 Å². The van der Waals surface area contributed by atoms with Gasteiger partial charge in [-0.15, -0.1) is 11.3 Å². The van der Waals surface area contributed by atoms with Gasteiger partial charge in [0.2, 0.25) is 0 Å². The van der Waals surface area contributed by atoms with E-state index in [2.05, 4.69) is 18.8 Å². The maximum atomic E-state index is 12.3. The molecule has 2 aromatic heterocycles. The SMILES string of the molecule is CC(C)c1nc2sccc2c(=O)n1C(C)C. The number of hydrogen-bond donors (Lipinski definition) is 0. The lowest BCUT2D eigenvalue weighted by Gasteiger charge is -2.17. The highest BCUT2D eigenvalue weighted by atomic mass is 32.1. The second kappa shape index (κ2) is 4.01. The molecular formula is C12H16N2OS. The third-order valence-corrected chi connectivity index (χ3v) is 3.40. The predicted octanol–water partition coefficient (Wildman–Crippen LogP) is 3.16. The Hall–Kier alpha value is -1.16. The van der Waals surface area contributed by atoms with Crippen molar-refractivity contribution in [1.29, 1.82) is 0 Å². The van der Waals surface area contributed by atoms with Gasteiger partial charge >= 0.3 is 0 Å². The van der Waals surface area contributed by atoms with Crippen LogP contribution in [0.1, 0.15) is 45.5 Å². The lowest BCUT2D eigenvalue weighted by atomic mass is 10.2. The molecule has 0 amide bonds. The molecule has 0 radical (unpaired) electrons. The summed E-state index contributed by atoms with van der Waals surface area (Å²) in [6, 6.07) is 2.01. The van der Waals surface area contributed by atoms with Crippen LogP contribution in [-0.4, -0.2) is 9.55 Å². The summed E-state index contributed by atoms with van der Waals surface area (Å²) >= 11 is 1.53. The smallest absolute Gasteiger partial charge is 0.262 e. The van der Waals surface area contributed by atoms with Crippen LogP contribution in [0, 0.1) is 0 Å². The fraction of sp³-hybridized carbons (Fsp3) is 0.500. The molecule has 3 nitrogen and oxygen atoms in total. The van der Waals surface area contributed by atoms with Gasteiger partial charge in [0.05, 0.1) is 5.39 Å². The molecule has 86 valence electrons. The third kappa shape index (κ3) is 1.67. The molecule has 2 rings (SSSR count). The molecule has 0 aliphatic rings. The minimum atomic E-state index is 0.0879. The Morgan fingerprint density at radius 3 is 2.56 bits per heavy atom. The van der Waals surface area contributed by atoms with E-state index in [4.69, 9.17) is 0 Å². The van der Waals surface area contributed by atoms with Crippen molar-refractivity contribution in [1.82, 2.24) is 9.55 Å². The zero-order valence-electron chi connectivity index (χ0n) is 10.0. The second-order valence-corrected chi connectivity index (χ2v) is 5.43. The first-order chi connectivity index (χ1) is 7.52.